The number of para-hydroxylation sites is 1. The second-order valence-electron chi connectivity index (χ2n) is 8.88. The predicted octanol–water partition coefficient (Wildman–Crippen LogP) is 6.14. The molecule has 0 saturated heterocycles. The van der Waals surface area contributed by atoms with Gasteiger partial charge in [0.2, 0.25) is 11.2 Å². The fourth-order valence-corrected chi connectivity index (χ4v) is 3.80. The van der Waals surface area contributed by atoms with Gasteiger partial charge in [-0.1, -0.05) is 68.8 Å². The minimum atomic E-state index is -0.936. The van der Waals surface area contributed by atoms with E-state index in [1.807, 2.05) is 50.2 Å². The summed E-state index contributed by atoms with van der Waals surface area (Å²) in [6, 6.07) is 21.7. The molecule has 0 bridgehead atoms. The maximum Gasteiger partial charge on any atom is 0.408 e. The molecule has 3 aromatic carbocycles. The van der Waals surface area contributed by atoms with Gasteiger partial charge in [-0.05, 0) is 42.7 Å². The van der Waals surface area contributed by atoms with Gasteiger partial charge in [0.05, 0.1) is 5.39 Å². The third-order valence-electron chi connectivity index (χ3n) is 6.12. The number of hydrogen-bond donors (Lipinski definition) is 1. The molecule has 0 aliphatic rings. The second-order valence-corrected chi connectivity index (χ2v) is 8.88. The summed E-state index contributed by atoms with van der Waals surface area (Å²) in [6.45, 7) is 5.45. The highest BCUT2D eigenvalue weighted by Crippen LogP contribution is 2.27. The van der Waals surface area contributed by atoms with Crippen molar-refractivity contribution in [3.8, 4) is 17.2 Å². The number of nitrogens with one attached hydrogen (secondary N) is 1. The van der Waals surface area contributed by atoms with Gasteiger partial charge in [-0.2, -0.15) is 0 Å². The molecule has 0 saturated carbocycles. The molecule has 8 heteroatoms. The molecule has 0 spiro atoms. The predicted molar refractivity (Wildman–Crippen MR) is 142 cm³/mol. The molecule has 1 aromatic heterocycles. The van der Waals surface area contributed by atoms with E-state index in [0.717, 1.165) is 5.56 Å². The quantitative estimate of drug-likeness (QED) is 0.211. The van der Waals surface area contributed by atoms with Gasteiger partial charge in [0.25, 0.3) is 0 Å². The Kier molecular flexibility index (Phi) is 8.43. The third-order valence-corrected chi connectivity index (χ3v) is 6.12. The van der Waals surface area contributed by atoms with Gasteiger partial charge in [0.15, 0.2) is 0 Å². The number of ether oxygens (including phenoxy) is 3. The molecule has 0 aliphatic heterocycles. The van der Waals surface area contributed by atoms with Gasteiger partial charge in [0.1, 0.15) is 35.5 Å². The van der Waals surface area contributed by atoms with Crippen LogP contribution in [0.4, 0.5) is 4.79 Å². The molecule has 38 heavy (non-hydrogen) atoms. The number of carbonyl (C=O) groups excluding carboxylic acids is 2. The molecule has 4 rings (SSSR count). The Hall–Kier alpha value is -4.59. The first-order valence-electron chi connectivity index (χ1n) is 12.3. The molecule has 1 unspecified atom stereocenters. The van der Waals surface area contributed by atoms with Crippen molar-refractivity contribution in [2.75, 3.05) is 0 Å². The summed E-state index contributed by atoms with van der Waals surface area (Å²) in [5.74, 6) is 0.190. The first-order chi connectivity index (χ1) is 18.4. The lowest BCUT2D eigenvalue weighted by Crippen LogP contribution is -2.47. The van der Waals surface area contributed by atoms with Crippen LogP contribution in [0.5, 0.6) is 17.2 Å². The molecular formula is C30H29NO7. The largest absolute Gasteiger partial charge is 0.457 e. The summed E-state index contributed by atoms with van der Waals surface area (Å²) in [4.78, 5) is 38.5. The summed E-state index contributed by atoms with van der Waals surface area (Å²) in [6.07, 6.45) is -0.100. The topological polar surface area (TPSA) is 104 Å². The smallest absolute Gasteiger partial charge is 0.408 e. The Bertz CT molecular complexity index is 1460. The Labute approximate surface area is 220 Å². The molecule has 1 heterocycles. The number of rotatable bonds is 9. The van der Waals surface area contributed by atoms with Crippen molar-refractivity contribution in [3.63, 3.8) is 0 Å². The number of benzene rings is 3. The van der Waals surface area contributed by atoms with E-state index in [-0.39, 0.29) is 46.2 Å². The third kappa shape index (κ3) is 6.39. The normalized spacial score (nSPS) is 12.4. The number of amides is 1. The summed E-state index contributed by atoms with van der Waals surface area (Å²) in [5.41, 5.74) is 0.731. The van der Waals surface area contributed by atoms with E-state index >= 15 is 0 Å². The number of carbonyl (C=O) groups is 2. The minimum absolute atomic E-state index is 0.0774. The summed E-state index contributed by atoms with van der Waals surface area (Å²) < 4.78 is 22.4. The molecule has 0 aliphatic carbocycles. The highest BCUT2D eigenvalue weighted by Gasteiger charge is 2.29. The zero-order chi connectivity index (χ0) is 27.1. The van der Waals surface area contributed by atoms with E-state index in [2.05, 4.69) is 5.32 Å². The summed E-state index contributed by atoms with van der Waals surface area (Å²) >= 11 is 0. The van der Waals surface area contributed by atoms with Crippen molar-refractivity contribution < 1.29 is 28.2 Å². The highest BCUT2D eigenvalue weighted by molar-refractivity contribution is 5.85. The minimum Gasteiger partial charge on any atom is -0.457 e. The Morgan fingerprint density at radius 2 is 1.63 bits per heavy atom. The first kappa shape index (κ1) is 26.5. The zero-order valence-electron chi connectivity index (χ0n) is 21.4. The standard InChI is InChI=1S/C30H29NO7/c1-4-19(2)26(31-30(34)35-18-21-11-7-5-8-12-21)29(33)38-23-15-16-24-25(17-23)36-20(3)28(27(24)32)37-22-13-9-6-10-14-22/h5-17,19,26H,4,18H2,1-3H3,(H,31,34)/t19?,26-/m1/s1. The van der Waals surface area contributed by atoms with Crippen molar-refractivity contribution >= 4 is 23.0 Å². The molecule has 1 N–H and O–H groups in total. The van der Waals surface area contributed by atoms with Crippen molar-refractivity contribution in [1.29, 1.82) is 0 Å². The van der Waals surface area contributed by atoms with Gasteiger partial charge in [-0.15, -0.1) is 0 Å². The lowest BCUT2D eigenvalue weighted by Gasteiger charge is -2.22. The van der Waals surface area contributed by atoms with Crippen LogP contribution in [0.25, 0.3) is 11.0 Å². The molecule has 1 amide bonds. The van der Waals surface area contributed by atoms with E-state index in [4.69, 9.17) is 18.6 Å². The molecule has 0 fully saturated rings. The van der Waals surface area contributed by atoms with Gasteiger partial charge in [0, 0.05) is 6.07 Å². The lowest BCUT2D eigenvalue weighted by molar-refractivity contribution is -0.138. The van der Waals surface area contributed by atoms with E-state index in [9.17, 15) is 14.4 Å². The Morgan fingerprint density at radius 3 is 2.32 bits per heavy atom. The SMILES string of the molecule is CCC(C)[C@@H](NC(=O)OCc1ccccc1)C(=O)Oc1ccc2c(=O)c(Oc3ccccc3)c(C)oc2c1. The average Bonchev–Trinajstić information content (AvgIpc) is 2.93. The Morgan fingerprint density at radius 1 is 0.947 bits per heavy atom. The van der Waals surface area contributed by atoms with Crippen LogP contribution in [0.2, 0.25) is 0 Å². The molecule has 2 atom stereocenters. The number of alkyl carbamates (subject to hydrolysis) is 1. The highest BCUT2D eigenvalue weighted by atomic mass is 16.6. The van der Waals surface area contributed by atoms with Crippen molar-refractivity contribution in [1.82, 2.24) is 5.32 Å². The van der Waals surface area contributed by atoms with Gasteiger partial charge >= 0.3 is 12.1 Å². The molecule has 0 radical (unpaired) electrons. The van der Waals surface area contributed by atoms with Crippen LogP contribution in [0.1, 0.15) is 31.6 Å². The number of fused-ring (bicyclic) bond motifs is 1. The molecular weight excluding hydrogens is 486 g/mol. The van der Waals surface area contributed by atoms with Crippen molar-refractivity contribution in [3.05, 3.63) is 100 Å². The van der Waals surface area contributed by atoms with Gasteiger partial charge in [-0.25, -0.2) is 9.59 Å². The maximum atomic E-state index is 13.1. The summed E-state index contributed by atoms with van der Waals surface area (Å²) in [7, 11) is 0. The van der Waals surface area contributed by atoms with E-state index < -0.39 is 18.1 Å². The monoisotopic (exact) mass is 515 g/mol. The fourth-order valence-electron chi connectivity index (χ4n) is 3.80. The van der Waals surface area contributed by atoms with Crippen LogP contribution in [0.15, 0.2) is 88.1 Å². The van der Waals surface area contributed by atoms with Crippen molar-refractivity contribution in [2.45, 2.75) is 39.8 Å². The van der Waals surface area contributed by atoms with E-state index in [1.54, 1.807) is 31.2 Å². The number of aryl methyl sites for hydroxylation is 1. The molecule has 8 nitrogen and oxygen atoms in total. The van der Waals surface area contributed by atoms with Crippen LogP contribution in [0.3, 0.4) is 0 Å². The number of hydrogen-bond acceptors (Lipinski definition) is 7. The molecule has 196 valence electrons. The fraction of sp³-hybridized carbons (Fsp3) is 0.233. The first-order valence-corrected chi connectivity index (χ1v) is 12.3. The average molecular weight is 516 g/mol. The van der Waals surface area contributed by atoms with Crippen LogP contribution >= 0.6 is 0 Å². The van der Waals surface area contributed by atoms with Crippen LogP contribution < -0.4 is 20.2 Å². The van der Waals surface area contributed by atoms with Crippen LogP contribution in [-0.4, -0.2) is 18.1 Å². The second kappa shape index (κ2) is 12.1. The van der Waals surface area contributed by atoms with E-state index in [0.29, 0.717) is 12.2 Å². The Balaban J connectivity index is 1.48. The van der Waals surface area contributed by atoms with Crippen molar-refractivity contribution in [2.24, 2.45) is 5.92 Å². The summed E-state index contributed by atoms with van der Waals surface area (Å²) in [5, 5.41) is 2.90. The van der Waals surface area contributed by atoms with Crippen LogP contribution in [0, 0.1) is 12.8 Å². The van der Waals surface area contributed by atoms with E-state index in [1.165, 1.54) is 18.2 Å². The lowest BCUT2D eigenvalue weighted by atomic mass is 9.99. The zero-order valence-corrected chi connectivity index (χ0v) is 21.4. The van der Waals surface area contributed by atoms with Gasteiger partial charge < -0.3 is 23.9 Å². The van der Waals surface area contributed by atoms with Crippen LogP contribution in [-0.2, 0) is 16.1 Å². The maximum absolute atomic E-state index is 13.1. The number of esters is 1. The molecule has 4 aromatic rings. The van der Waals surface area contributed by atoms with Gasteiger partial charge in [-0.3, -0.25) is 4.79 Å².